The molecule has 0 radical (unpaired) electrons. The molecule has 0 unspecified atom stereocenters. The zero-order valence-corrected chi connectivity index (χ0v) is 19.8. The third-order valence-corrected chi connectivity index (χ3v) is 5.27. The Labute approximate surface area is 197 Å². The van der Waals surface area contributed by atoms with Crippen molar-refractivity contribution >= 4 is 41.0 Å². The van der Waals surface area contributed by atoms with Gasteiger partial charge in [-0.3, -0.25) is 19.2 Å². The average Bonchev–Trinajstić information content (AvgIpc) is 2.81. The second-order valence-electron chi connectivity index (χ2n) is 7.09. The minimum Gasteiger partial charge on any atom is -0.494 e. The fraction of sp³-hybridized carbons (Fsp3) is 0.333. The van der Waals surface area contributed by atoms with E-state index in [1.807, 2.05) is 6.26 Å². The molecule has 2 aromatic rings. The van der Waals surface area contributed by atoms with E-state index in [9.17, 15) is 19.2 Å². The van der Waals surface area contributed by atoms with Gasteiger partial charge in [-0.2, -0.15) is 0 Å². The van der Waals surface area contributed by atoms with E-state index in [0.29, 0.717) is 29.2 Å². The van der Waals surface area contributed by atoms with Crippen LogP contribution in [-0.2, 0) is 14.3 Å². The number of hydrogen-bond donors (Lipinski definition) is 2. The van der Waals surface area contributed by atoms with Gasteiger partial charge in [-0.1, -0.05) is 19.4 Å². The van der Waals surface area contributed by atoms with E-state index < -0.39 is 24.3 Å². The molecule has 0 heterocycles. The van der Waals surface area contributed by atoms with Crippen LogP contribution in [-0.4, -0.2) is 49.6 Å². The van der Waals surface area contributed by atoms with Crippen molar-refractivity contribution in [3.8, 4) is 5.75 Å². The molecule has 0 saturated heterocycles. The smallest absolute Gasteiger partial charge is 0.325 e. The van der Waals surface area contributed by atoms with Gasteiger partial charge >= 0.3 is 5.97 Å². The Morgan fingerprint density at radius 2 is 1.70 bits per heavy atom. The van der Waals surface area contributed by atoms with Crippen LogP contribution in [0.25, 0.3) is 0 Å². The molecule has 0 aliphatic heterocycles. The molecule has 0 bridgehead atoms. The van der Waals surface area contributed by atoms with E-state index >= 15 is 0 Å². The average molecular weight is 473 g/mol. The number of hydrogen-bond acceptors (Lipinski definition) is 7. The summed E-state index contributed by atoms with van der Waals surface area (Å²) < 4.78 is 10.5. The number of nitrogens with one attached hydrogen (secondary N) is 2. The molecular formula is C24H28N2O6S. The minimum atomic E-state index is -0.737. The number of rotatable bonds is 12. The third kappa shape index (κ3) is 8.61. The SMILES string of the molecule is CCCCOc1ccc(C(=O)NCC(=O)OCC(=O)c2ccc(SC)c(NC(C)=O)c2)cc1. The summed E-state index contributed by atoms with van der Waals surface area (Å²) in [6.07, 6.45) is 3.84. The van der Waals surface area contributed by atoms with Gasteiger partial charge < -0.3 is 20.1 Å². The van der Waals surface area contributed by atoms with E-state index in [1.54, 1.807) is 42.5 Å². The maximum Gasteiger partial charge on any atom is 0.325 e. The Kier molecular flexibility index (Phi) is 10.4. The predicted molar refractivity (Wildman–Crippen MR) is 127 cm³/mol. The largest absolute Gasteiger partial charge is 0.494 e. The highest BCUT2D eigenvalue weighted by Crippen LogP contribution is 2.26. The first-order valence-electron chi connectivity index (χ1n) is 10.5. The van der Waals surface area contributed by atoms with E-state index in [0.717, 1.165) is 17.7 Å². The number of carbonyl (C=O) groups is 4. The van der Waals surface area contributed by atoms with Crippen LogP contribution in [0.4, 0.5) is 5.69 Å². The fourth-order valence-electron chi connectivity index (χ4n) is 2.74. The summed E-state index contributed by atoms with van der Waals surface area (Å²) in [5, 5.41) is 5.14. The lowest BCUT2D eigenvalue weighted by Gasteiger charge is -2.10. The number of Topliss-reactive ketones (excluding diaryl/α,β-unsaturated/α-hetero) is 1. The Bertz CT molecular complexity index is 991. The summed E-state index contributed by atoms with van der Waals surface area (Å²) in [5.74, 6) is -1.18. The lowest BCUT2D eigenvalue weighted by Crippen LogP contribution is -2.31. The van der Waals surface area contributed by atoms with Gasteiger partial charge in [-0.15, -0.1) is 11.8 Å². The predicted octanol–water partition coefficient (Wildman–Crippen LogP) is 3.70. The highest BCUT2D eigenvalue weighted by Gasteiger charge is 2.14. The van der Waals surface area contributed by atoms with Crippen LogP contribution in [0, 0.1) is 0 Å². The molecule has 2 aromatic carbocycles. The molecular weight excluding hydrogens is 444 g/mol. The van der Waals surface area contributed by atoms with Crippen LogP contribution in [0.1, 0.15) is 47.4 Å². The van der Waals surface area contributed by atoms with Gasteiger partial charge in [0.05, 0.1) is 12.3 Å². The highest BCUT2D eigenvalue weighted by molar-refractivity contribution is 7.98. The molecule has 2 amide bonds. The summed E-state index contributed by atoms with van der Waals surface area (Å²) in [7, 11) is 0. The van der Waals surface area contributed by atoms with Crippen molar-refractivity contribution in [2.75, 3.05) is 31.3 Å². The molecule has 0 aromatic heterocycles. The molecule has 0 spiro atoms. The molecule has 2 N–H and O–H groups in total. The quantitative estimate of drug-likeness (QED) is 0.210. The molecule has 9 heteroatoms. The van der Waals surface area contributed by atoms with Gasteiger partial charge in [0, 0.05) is 22.9 Å². The van der Waals surface area contributed by atoms with E-state index in [4.69, 9.17) is 9.47 Å². The number of unbranched alkanes of at least 4 members (excludes halogenated alkanes) is 1. The Morgan fingerprint density at radius 3 is 2.33 bits per heavy atom. The summed E-state index contributed by atoms with van der Waals surface area (Å²) in [4.78, 5) is 48.7. The lowest BCUT2D eigenvalue weighted by molar-refractivity contribution is -0.141. The van der Waals surface area contributed by atoms with Crippen molar-refractivity contribution in [1.29, 1.82) is 0 Å². The normalized spacial score (nSPS) is 10.3. The van der Waals surface area contributed by atoms with Gasteiger partial charge in [-0.25, -0.2) is 0 Å². The van der Waals surface area contributed by atoms with Crippen LogP contribution in [0.3, 0.4) is 0 Å². The number of ketones is 1. The van der Waals surface area contributed by atoms with Crippen LogP contribution in [0.5, 0.6) is 5.75 Å². The topological polar surface area (TPSA) is 111 Å². The standard InChI is InChI=1S/C24H28N2O6S/c1-4-5-12-31-19-9-6-17(7-10-19)24(30)25-14-23(29)32-15-21(28)18-8-11-22(33-3)20(13-18)26-16(2)27/h6-11,13H,4-5,12,14-15H2,1-3H3,(H,25,30)(H,26,27). The van der Waals surface area contributed by atoms with Gasteiger partial charge in [0.2, 0.25) is 5.91 Å². The summed E-state index contributed by atoms with van der Waals surface area (Å²) in [6, 6.07) is 11.5. The van der Waals surface area contributed by atoms with Crippen molar-refractivity contribution in [3.63, 3.8) is 0 Å². The number of thioether (sulfide) groups is 1. The van der Waals surface area contributed by atoms with E-state index in [1.165, 1.54) is 18.7 Å². The van der Waals surface area contributed by atoms with Crippen molar-refractivity contribution in [1.82, 2.24) is 5.32 Å². The Balaban J connectivity index is 1.82. The van der Waals surface area contributed by atoms with Crippen molar-refractivity contribution in [3.05, 3.63) is 53.6 Å². The molecule has 0 atom stereocenters. The van der Waals surface area contributed by atoms with Crippen molar-refractivity contribution < 1.29 is 28.7 Å². The van der Waals surface area contributed by atoms with Crippen molar-refractivity contribution in [2.45, 2.75) is 31.6 Å². The van der Waals surface area contributed by atoms with Crippen LogP contribution in [0.15, 0.2) is 47.4 Å². The number of ether oxygens (including phenoxy) is 2. The molecule has 2 rings (SSSR count). The molecule has 176 valence electrons. The van der Waals surface area contributed by atoms with Crippen LogP contribution < -0.4 is 15.4 Å². The van der Waals surface area contributed by atoms with Gasteiger partial charge in [-0.05, 0) is 49.1 Å². The van der Waals surface area contributed by atoms with Crippen LogP contribution in [0.2, 0.25) is 0 Å². The third-order valence-electron chi connectivity index (χ3n) is 4.47. The second-order valence-corrected chi connectivity index (χ2v) is 7.94. The molecule has 0 aliphatic carbocycles. The first-order valence-corrected chi connectivity index (χ1v) is 11.7. The van der Waals surface area contributed by atoms with E-state index in [2.05, 4.69) is 17.6 Å². The number of benzene rings is 2. The van der Waals surface area contributed by atoms with Crippen molar-refractivity contribution in [2.24, 2.45) is 0 Å². The lowest BCUT2D eigenvalue weighted by atomic mass is 10.1. The molecule has 33 heavy (non-hydrogen) atoms. The Morgan fingerprint density at radius 1 is 1.00 bits per heavy atom. The van der Waals surface area contributed by atoms with Gasteiger partial charge in [0.25, 0.3) is 5.91 Å². The van der Waals surface area contributed by atoms with Gasteiger partial charge in [0.15, 0.2) is 12.4 Å². The number of esters is 1. The molecule has 8 nitrogen and oxygen atoms in total. The monoisotopic (exact) mass is 472 g/mol. The Hall–Kier alpha value is -3.33. The van der Waals surface area contributed by atoms with Gasteiger partial charge in [0.1, 0.15) is 12.3 Å². The zero-order valence-electron chi connectivity index (χ0n) is 18.9. The maximum absolute atomic E-state index is 12.4. The molecule has 0 fully saturated rings. The minimum absolute atomic E-state index is 0.254. The summed E-state index contributed by atoms with van der Waals surface area (Å²) in [6.45, 7) is 3.22. The maximum atomic E-state index is 12.4. The zero-order chi connectivity index (χ0) is 24.2. The number of anilines is 1. The molecule has 0 saturated carbocycles. The number of carbonyl (C=O) groups excluding carboxylic acids is 4. The fourth-order valence-corrected chi connectivity index (χ4v) is 3.27. The first-order chi connectivity index (χ1) is 15.8. The second kappa shape index (κ2) is 13.3. The number of amides is 2. The van der Waals surface area contributed by atoms with E-state index in [-0.39, 0.29) is 12.5 Å². The summed E-state index contributed by atoms with van der Waals surface area (Å²) in [5.41, 5.74) is 1.19. The van der Waals surface area contributed by atoms with Crippen LogP contribution >= 0.6 is 11.8 Å². The molecule has 0 aliphatic rings. The summed E-state index contributed by atoms with van der Waals surface area (Å²) >= 11 is 1.43. The highest BCUT2D eigenvalue weighted by atomic mass is 32.2. The first kappa shape index (κ1) is 25.9.